The Labute approximate surface area is 149 Å². The molecule has 5 heteroatoms. The standard InChI is InChI=1S/C20H27NO4/c1-2-18(22)16-4-6-17(7-5-16)25-14-19(23)21-11-3-8-20(15-21)9-12-24-13-10-20/h4-7H,2-3,8-15H2,1H3. The first kappa shape index (κ1) is 17.9. The summed E-state index contributed by atoms with van der Waals surface area (Å²) in [7, 11) is 0. The zero-order valence-corrected chi connectivity index (χ0v) is 15.0. The molecular formula is C20H27NO4. The summed E-state index contributed by atoms with van der Waals surface area (Å²) in [5, 5.41) is 0. The highest BCUT2D eigenvalue weighted by molar-refractivity contribution is 5.95. The maximum absolute atomic E-state index is 12.5. The number of likely N-dealkylation sites (tertiary alicyclic amines) is 1. The van der Waals surface area contributed by atoms with E-state index in [0.29, 0.717) is 17.7 Å². The van der Waals surface area contributed by atoms with E-state index in [2.05, 4.69) is 0 Å². The van der Waals surface area contributed by atoms with Gasteiger partial charge >= 0.3 is 0 Å². The number of benzene rings is 1. The topological polar surface area (TPSA) is 55.8 Å². The van der Waals surface area contributed by atoms with Crippen molar-refractivity contribution in [3.05, 3.63) is 29.8 Å². The predicted octanol–water partition coefficient (Wildman–Crippen LogP) is 3.08. The van der Waals surface area contributed by atoms with Gasteiger partial charge in [0.1, 0.15) is 5.75 Å². The van der Waals surface area contributed by atoms with Crippen molar-refractivity contribution in [1.82, 2.24) is 4.90 Å². The maximum Gasteiger partial charge on any atom is 0.260 e. The summed E-state index contributed by atoms with van der Waals surface area (Å²) in [6.07, 6.45) is 4.82. The number of carbonyl (C=O) groups is 2. The third-order valence-corrected chi connectivity index (χ3v) is 5.43. The second kappa shape index (κ2) is 8.00. The van der Waals surface area contributed by atoms with Crippen LogP contribution in [0.15, 0.2) is 24.3 Å². The monoisotopic (exact) mass is 345 g/mol. The van der Waals surface area contributed by atoms with Gasteiger partial charge in [0.25, 0.3) is 5.91 Å². The third kappa shape index (κ3) is 4.40. The minimum absolute atomic E-state index is 0.0410. The third-order valence-electron chi connectivity index (χ3n) is 5.43. The summed E-state index contributed by atoms with van der Waals surface area (Å²) in [5.74, 6) is 0.774. The van der Waals surface area contributed by atoms with E-state index in [1.54, 1.807) is 24.3 Å². The smallest absolute Gasteiger partial charge is 0.260 e. The zero-order valence-electron chi connectivity index (χ0n) is 15.0. The van der Waals surface area contributed by atoms with Gasteiger partial charge in [0.15, 0.2) is 12.4 Å². The van der Waals surface area contributed by atoms with Crippen LogP contribution >= 0.6 is 0 Å². The van der Waals surface area contributed by atoms with Crippen LogP contribution in [0.2, 0.25) is 0 Å². The molecule has 0 radical (unpaired) electrons. The van der Waals surface area contributed by atoms with Gasteiger partial charge in [-0.25, -0.2) is 0 Å². The van der Waals surface area contributed by atoms with Crippen molar-refractivity contribution >= 4 is 11.7 Å². The van der Waals surface area contributed by atoms with Crippen molar-refractivity contribution in [2.24, 2.45) is 5.41 Å². The molecule has 1 spiro atoms. The molecule has 2 fully saturated rings. The van der Waals surface area contributed by atoms with Crippen LogP contribution in [0.1, 0.15) is 49.4 Å². The lowest BCUT2D eigenvalue weighted by atomic mass is 9.74. The molecular weight excluding hydrogens is 318 g/mol. The van der Waals surface area contributed by atoms with Crippen molar-refractivity contribution in [2.45, 2.75) is 39.0 Å². The van der Waals surface area contributed by atoms with Crippen molar-refractivity contribution < 1.29 is 19.1 Å². The van der Waals surface area contributed by atoms with E-state index in [4.69, 9.17) is 9.47 Å². The molecule has 5 nitrogen and oxygen atoms in total. The van der Waals surface area contributed by atoms with Gasteiger partial charge in [-0.05, 0) is 55.4 Å². The first-order valence-corrected chi connectivity index (χ1v) is 9.23. The molecule has 0 atom stereocenters. The van der Waals surface area contributed by atoms with Crippen LogP contribution in [0.3, 0.4) is 0 Å². The molecule has 1 amide bonds. The van der Waals surface area contributed by atoms with E-state index in [9.17, 15) is 9.59 Å². The number of piperidine rings is 1. The lowest BCUT2D eigenvalue weighted by Gasteiger charge is -2.45. The molecule has 136 valence electrons. The number of hydrogen-bond donors (Lipinski definition) is 0. The van der Waals surface area contributed by atoms with Crippen molar-refractivity contribution in [3.63, 3.8) is 0 Å². The number of nitrogens with zero attached hydrogens (tertiary/aromatic N) is 1. The first-order valence-electron chi connectivity index (χ1n) is 9.23. The Morgan fingerprint density at radius 3 is 2.56 bits per heavy atom. The lowest BCUT2D eigenvalue weighted by molar-refractivity contribution is -0.139. The highest BCUT2D eigenvalue weighted by Crippen LogP contribution is 2.39. The first-order chi connectivity index (χ1) is 12.1. The van der Waals surface area contributed by atoms with Crippen LogP contribution in [0.4, 0.5) is 0 Å². The molecule has 2 heterocycles. The van der Waals surface area contributed by atoms with Gasteiger partial charge in [-0.2, -0.15) is 0 Å². The van der Waals surface area contributed by atoms with E-state index in [1.165, 1.54) is 6.42 Å². The Bertz CT molecular complexity index is 599. The molecule has 2 aliphatic rings. The highest BCUT2D eigenvalue weighted by Gasteiger charge is 2.38. The Morgan fingerprint density at radius 2 is 1.88 bits per heavy atom. The Balaban J connectivity index is 1.52. The van der Waals surface area contributed by atoms with Gasteiger partial charge in [-0.15, -0.1) is 0 Å². The Kier molecular flexibility index (Phi) is 5.74. The van der Waals surface area contributed by atoms with Crippen LogP contribution in [-0.4, -0.2) is 49.5 Å². The number of rotatable bonds is 5. The molecule has 25 heavy (non-hydrogen) atoms. The predicted molar refractivity (Wildman–Crippen MR) is 94.9 cm³/mol. The molecule has 0 saturated carbocycles. The number of Topliss-reactive ketones (excluding diaryl/α,β-unsaturated/α-hetero) is 1. The van der Waals surface area contributed by atoms with Crippen LogP contribution in [0, 0.1) is 5.41 Å². The summed E-state index contributed by atoms with van der Waals surface area (Å²) < 4.78 is 11.1. The number of amides is 1. The molecule has 0 bridgehead atoms. The molecule has 0 unspecified atom stereocenters. The lowest BCUT2D eigenvalue weighted by Crippen LogP contribution is -2.49. The second-order valence-electron chi connectivity index (χ2n) is 7.12. The van der Waals surface area contributed by atoms with Gasteiger partial charge in [0, 0.05) is 38.3 Å². The van der Waals surface area contributed by atoms with Crippen molar-refractivity contribution in [2.75, 3.05) is 32.9 Å². The van der Waals surface area contributed by atoms with Gasteiger partial charge in [0.05, 0.1) is 0 Å². The Hall–Kier alpha value is -1.88. The van der Waals surface area contributed by atoms with Crippen molar-refractivity contribution in [3.8, 4) is 5.75 Å². The number of carbonyl (C=O) groups excluding carboxylic acids is 2. The number of ketones is 1. The summed E-state index contributed by atoms with van der Waals surface area (Å²) in [6.45, 7) is 5.14. The van der Waals surface area contributed by atoms with Crippen LogP contribution in [-0.2, 0) is 9.53 Å². The van der Waals surface area contributed by atoms with Gasteiger partial charge in [-0.3, -0.25) is 9.59 Å². The summed E-state index contributed by atoms with van der Waals surface area (Å²) in [6, 6.07) is 7.02. The normalized spacial score (nSPS) is 19.6. The fourth-order valence-electron chi connectivity index (χ4n) is 3.81. The van der Waals surface area contributed by atoms with E-state index in [1.807, 2.05) is 11.8 Å². The fourth-order valence-corrected chi connectivity index (χ4v) is 3.81. The number of ether oxygens (including phenoxy) is 2. The van der Waals surface area contributed by atoms with Crippen molar-refractivity contribution in [1.29, 1.82) is 0 Å². The van der Waals surface area contributed by atoms with Crippen LogP contribution < -0.4 is 4.74 Å². The van der Waals surface area contributed by atoms with E-state index < -0.39 is 0 Å². The average Bonchev–Trinajstić information content (AvgIpc) is 2.66. The molecule has 1 aromatic carbocycles. The van der Waals surface area contributed by atoms with E-state index >= 15 is 0 Å². The summed E-state index contributed by atoms with van der Waals surface area (Å²) >= 11 is 0. The van der Waals surface area contributed by atoms with Gasteiger partial charge < -0.3 is 14.4 Å². The minimum atomic E-state index is 0.0410. The molecule has 0 aliphatic carbocycles. The molecule has 1 aromatic rings. The Morgan fingerprint density at radius 1 is 1.16 bits per heavy atom. The molecule has 0 aromatic heterocycles. The summed E-state index contributed by atoms with van der Waals surface area (Å²) in [5.41, 5.74) is 0.924. The average molecular weight is 345 g/mol. The maximum atomic E-state index is 12.5. The van der Waals surface area contributed by atoms with Gasteiger partial charge in [0.2, 0.25) is 0 Å². The molecule has 2 saturated heterocycles. The summed E-state index contributed by atoms with van der Waals surface area (Å²) in [4.78, 5) is 26.1. The molecule has 3 rings (SSSR count). The largest absolute Gasteiger partial charge is 0.484 e. The number of hydrogen-bond acceptors (Lipinski definition) is 4. The van der Waals surface area contributed by atoms with E-state index in [0.717, 1.165) is 45.6 Å². The second-order valence-corrected chi connectivity index (χ2v) is 7.12. The minimum Gasteiger partial charge on any atom is -0.484 e. The van der Waals surface area contributed by atoms with Crippen LogP contribution in [0.5, 0.6) is 5.75 Å². The van der Waals surface area contributed by atoms with E-state index in [-0.39, 0.29) is 23.7 Å². The van der Waals surface area contributed by atoms with Crippen LogP contribution in [0.25, 0.3) is 0 Å². The quantitative estimate of drug-likeness (QED) is 0.770. The highest BCUT2D eigenvalue weighted by atomic mass is 16.5. The molecule has 0 N–H and O–H groups in total. The van der Waals surface area contributed by atoms with Gasteiger partial charge in [-0.1, -0.05) is 6.92 Å². The fraction of sp³-hybridized carbons (Fsp3) is 0.600. The SMILES string of the molecule is CCC(=O)c1ccc(OCC(=O)N2CCCC3(CCOCC3)C2)cc1. The molecule has 2 aliphatic heterocycles. The zero-order chi connectivity index (χ0) is 17.7.